The Kier molecular flexibility index (Phi) is 7.22. The Bertz CT molecular complexity index is 1490. The van der Waals surface area contributed by atoms with Crippen molar-refractivity contribution in [1.82, 2.24) is 4.57 Å². The quantitative estimate of drug-likeness (QED) is 0.250. The maximum absolute atomic E-state index is 12.3. The summed E-state index contributed by atoms with van der Waals surface area (Å²) in [7, 11) is 1.63. The molecule has 5 aromatic rings. The van der Waals surface area contributed by atoms with E-state index in [4.69, 9.17) is 15.2 Å². The summed E-state index contributed by atoms with van der Waals surface area (Å²) in [6.07, 6.45) is 2.34. The number of methoxy groups -OCH3 is 1. The summed E-state index contributed by atoms with van der Waals surface area (Å²) in [6.45, 7) is 1.15. The van der Waals surface area contributed by atoms with Crippen LogP contribution < -0.4 is 15.2 Å². The Morgan fingerprint density at radius 3 is 2.22 bits per heavy atom. The van der Waals surface area contributed by atoms with E-state index in [1.807, 2.05) is 78.9 Å². The molecule has 0 aliphatic heterocycles. The number of nitrogens with zero attached hydrogens (tertiary/aromatic N) is 1. The van der Waals surface area contributed by atoms with Crippen molar-refractivity contribution in [2.45, 2.75) is 25.5 Å². The van der Waals surface area contributed by atoms with Gasteiger partial charge in [0.15, 0.2) is 11.5 Å². The normalized spacial score (nSPS) is 11.8. The molecule has 1 aromatic heterocycles. The number of amides is 1. The van der Waals surface area contributed by atoms with Crippen molar-refractivity contribution >= 4 is 16.8 Å². The van der Waals surface area contributed by atoms with E-state index in [1.165, 1.54) is 5.56 Å². The van der Waals surface area contributed by atoms with E-state index in [9.17, 15) is 4.79 Å². The summed E-state index contributed by atoms with van der Waals surface area (Å²) >= 11 is 0. The van der Waals surface area contributed by atoms with Crippen LogP contribution in [0.25, 0.3) is 10.9 Å². The average Bonchev–Trinajstić information content (AvgIpc) is 3.29. The van der Waals surface area contributed by atoms with Crippen molar-refractivity contribution in [2.75, 3.05) is 7.11 Å². The maximum Gasteiger partial charge on any atom is 0.218 e. The van der Waals surface area contributed by atoms with Crippen LogP contribution in [0.1, 0.15) is 34.6 Å². The highest BCUT2D eigenvalue weighted by molar-refractivity contribution is 5.86. The minimum atomic E-state index is -0.354. The predicted octanol–water partition coefficient (Wildman–Crippen LogP) is 6.28. The molecule has 0 bridgehead atoms. The minimum Gasteiger partial charge on any atom is -0.493 e. The van der Waals surface area contributed by atoms with Crippen LogP contribution in [0.5, 0.6) is 11.5 Å². The first-order valence-corrected chi connectivity index (χ1v) is 12.4. The van der Waals surface area contributed by atoms with Gasteiger partial charge in [0.05, 0.1) is 7.11 Å². The van der Waals surface area contributed by atoms with Gasteiger partial charge in [0, 0.05) is 36.0 Å². The molecule has 1 heterocycles. The van der Waals surface area contributed by atoms with Crippen LogP contribution in [-0.4, -0.2) is 17.6 Å². The van der Waals surface area contributed by atoms with E-state index in [0.29, 0.717) is 18.1 Å². The van der Waals surface area contributed by atoms with Gasteiger partial charge in [-0.1, -0.05) is 84.9 Å². The molecule has 4 aromatic carbocycles. The Labute approximate surface area is 217 Å². The van der Waals surface area contributed by atoms with Crippen molar-refractivity contribution in [3.8, 4) is 11.5 Å². The van der Waals surface area contributed by atoms with Crippen LogP contribution in [0.15, 0.2) is 109 Å². The van der Waals surface area contributed by atoms with Gasteiger partial charge in [0.1, 0.15) is 6.61 Å². The lowest BCUT2D eigenvalue weighted by atomic mass is 9.88. The number of nitrogens with two attached hydrogens (primary N) is 1. The Morgan fingerprint density at radius 1 is 0.838 bits per heavy atom. The van der Waals surface area contributed by atoms with Gasteiger partial charge in [-0.15, -0.1) is 0 Å². The molecule has 0 spiro atoms. The number of aromatic nitrogens is 1. The third kappa shape index (κ3) is 5.51. The lowest BCUT2D eigenvalue weighted by molar-refractivity contribution is -0.118. The zero-order chi connectivity index (χ0) is 25.6. The van der Waals surface area contributed by atoms with Crippen LogP contribution in [0.4, 0.5) is 0 Å². The second kappa shape index (κ2) is 11.0. The molecule has 5 heteroatoms. The number of primary amides is 1. The van der Waals surface area contributed by atoms with E-state index in [0.717, 1.165) is 34.1 Å². The SMILES string of the molecule is COc1ccc([C@@H](CC(N)=O)c2cn(Cc3ccccc3)c3ccccc23)cc1OCc1ccccc1. The van der Waals surface area contributed by atoms with E-state index in [2.05, 4.69) is 35.0 Å². The third-order valence-electron chi connectivity index (χ3n) is 6.62. The van der Waals surface area contributed by atoms with Crippen molar-refractivity contribution < 1.29 is 14.3 Å². The smallest absolute Gasteiger partial charge is 0.218 e. The lowest BCUT2D eigenvalue weighted by Gasteiger charge is -2.19. The molecule has 0 radical (unpaired) electrons. The molecule has 0 fully saturated rings. The monoisotopic (exact) mass is 490 g/mol. The molecule has 1 atom stereocenters. The molecular formula is C32H30N2O3. The van der Waals surface area contributed by atoms with Crippen LogP contribution in [-0.2, 0) is 17.9 Å². The van der Waals surface area contributed by atoms with Crippen LogP contribution >= 0.6 is 0 Å². The van der Waals surface area contributed by atoms with E-state index >= 15 is 0 Å². The molecule has 0 aliphatic rings. The number of rotatable bonds is 10. The van der Waals surface area contributed by atoms with Gasteiger partial charge in [-0.3, -0.25) is 4.79 Å². The molecule has 186 valence electrons. The first-order chi connectivity index (χ1) is 18.1. The molecule has 0 aliphatic carbocycles. The lowest BCUT2D eigenvalue weighted by Crippen LogP contribution is -2.16. The molecule has 1 amide bonds. The fourth-order valence-electron chi connectivity index (χ4n) is 4.83. The zero-order valence-corrected chi connectivity index (χ0v) is 20.8. The van der Waals surface area contributed by atoms with Gasteiger partial charge in [0.2, 0.25) is 5.91 Å². The summed E-state index contributed by atoms with van der Waals surface area (Å²) < 4.78 is 14.0. The Balaban J connectivity index is 1.55. The second-order valence-corrected chi connectivity index (χ2v) is 9.12. The molecule has 0 saturated heterocycles. The highest BCUT2D eigenvalue weighted by Crippen LogP contribution is 2.39. The number of carbonyl (C=O) groups excluding carboxylic acids is 1. The minimum absolute atomic E-state index is 0.184. The third-order valence-corrected chi connectivity index (χ3v) is 6.62. The van der Waals surface area contributed by atoms with Gasteiger partial charge < -0.3 is 19.8 Å². The zero-order valence-electron chi connectivity index (χ0n) is 20.8. The standard InChI is InChI=1S/C32H30N2O3/c1-36-30-17-16-25(18-31(30)37-22-24-12-6-3-7-13-24)27(19-32(33)35)28-21-34(20-23-10-4-2-5-11-23)29-15-9-8-14-26(28)29/h2-18,21,27H,19-20,22H2,1H3,(H2,33,35)/t27-/m1/s1. The predicted molar refractivity (Wildman–Crippen MR) is 147 cm³/mol. The van der Waals surface area contributed by atoms with Gasteiger partial charge in [-0.25, -0.2) is 0 Å². The number of ether oxygens (including phenoxy) is 2. The number of hydrogen-bond acceptors (Lipinski definition) is 3. The summed E-state index contributed by atoms with van der Waals surface area (Å²) in [5, 5.41) is 1.10. The second-order valence-electron chi connectivity index (χ2n) is 9.12. The highest BCUT2D eigenvalue weighted by Gasteiger charge is 2.23. The van der Waals surface area contributed by atoms with Crippen LogP contribution in [0.2, 0.25) is 0 Å². The highest BCUT2D eigenvalue weighted by atomic mass is 16.5. The van der Waals surface area contributed by atoms with E-state index in [-0.39, 0.29) is 18.2 Å². The number of hydrogen-bond donors (Lipinski definition) is 1. The molecule has 37 heavy (non-hydrogen) atoms. The van der Waals surface area contributed by atoms with E-state index in [1.54, 1.807) is 7.11 Å². The molecule has 5 nitrogen and oxygen atoms in total. The van der Waals surface area contributed by atoms with Crippen LogP contribution in [0.3, 0.4) is 0 Å². The fraction of sp³-hybridized carbons (Fsp3) is 0.156. The van der Waals surface area contributed by atoms with E-state index < -0.39 is 0 Å². The number of para-hydroxylation sites is 1. The van der Waals surface area contributed by atoms with Gasteiger partial charge in [0.25, 0.3) is 0 Å². The van der Waals surface area contributed by atoms with Crippen molar-refractivity contribution in [1.29, 1.82) is 0 Å². The Morgan fingerprint density at radius 2 is 1.51 bits per heavy atom. The first kappa shape index (κ1) is 24.2. The molecule has 2 N–H and O–H groups in total. The maximum atomic E-state index is 12.3. The average molecular weight is 491 g/mol. The van der Waals surface area contributed by atoms with Crippen molar-refractivity contribution in [3.63, 3.8) is 0 Å². The Hall–Kier alpha value is -4.51. The number of benzene rings is 4. The molecule has 0 saturated carbocycles. The summed E-state index contributed by atoms with van der Waals surface area (Å²) in [5.41, 5.74) is 11.2. The van der Waals surface area contributed by atoms with Gasteiger partial charge in [-0.2, -0.15) is 0 Å². The van der Waals surface area contributed by atoms with Gasteiger partial charge >= 0.3 is 0 Å². The molecular weight excluding hydrogens is 460 g/mol. The first-order valence-electron chi connectivity index (χ1n) is 12.4. The summed E-state index contributed by atoms with van der Waals surface area (Å²) in [5.74, 6) is 0.687. The fourth-order valence-corrected chi connectivity index (χ4v) is 4.83. The summed E-state index contributed by atoms with van der Waals surface area (Å²) in [6, 6.07) is 34.5. The molecule has 0 unspecified atom stereocenters. The molecule has 5 rings (SSSR count). The van der Waals surface area contributed by atoms with Gasteiger partial charge in [-0.05, 0) is 40.5 Å². The van der Waals surface area contributed by atoms with Crippen molar-refractivity contribution in [2.24, 2.45) is 5.73 Å². The largest absolute Gasteiger partial charge is 0.493 e. The van der Waals surface area contributed by atoms with Crippen LogP contribution in [0, 0.1) is 0 Å². The number of carbonyl (C=O) groups is 1. The van der Waals surface area contributed by atoms with Crippen molar-refractivity contribution in [3.05, 3.63) is 132 Å². The summed E-state index contributed by atoms with van der Waals surface area (Å²) in [4.78, 5) is 12.3. The topological polar surface area (TPSA) is 66.5 Å². The number of fused-ring (bicyclic) bond motifs is 1.